The second-order valence-electron chi connectivity index (χ2n) is 4.42. The maximum absolute atomic E-state index is 13.4. The molecule has 0 radical (unpaired) electrons. The third-order valence-corrected chi connectivity index (χ3v) is 2.84. The van der Waals surface area contributed by atoms with Crippen LogP contribution in [-0.2, 0) is 17.8 Å². The zero-order chi connectivity index (χ0) is 14.4. The van der Waals surface area contributed by atoms with Gasteiger partial charge in [0.2, 0.25) is 5.91 Å². The van der Waals surface area contributed by atoms with Crippen LogP contribution in [0.25, 0.3) is 0 Å². The molecule has 0 unspecified atom stereocenters. The maximum atomic E-state index is 13.4. The Hall–Kier alpha value is -2.24. The third kappa shape index (κ3) is 4.15. The number of carbonyl (C=O) groups is 1. The van der Waals surface area contributed by atoms with Gasteiger partial charge in [-0.3, -0.25) is 4.79 Å². The van der Waals surface area contributed by atoms with Gasteiger partial charge in [0.1, 0.15) is 11.6 Å². The first-order valence-electron chi connectivity index (χ1n) is 6.31. The molecule has 0 aliphatic carbocycles. The quantitative estimate of drug-likeness (QED) is 0.821. The largest absolute Gasteiger partial charge is 0.356 e. The second-order valence-corrected chi connectivity index (χ2v) is 4.42. The summed E-state index contributed by atoms with van der Waals surface area (Å²) in [6.07, 6.45) is 5.91. The van der Waals surface area contributed by atoms with Crippen molar-refractivity contribution in [3.05, 3.63) is 54.1 Å². The highest BCUT2D eigenvalue weighted by atomic mass is 19.1. The minimum Gasteiger partial charge on any atom is -0.356 e. The Kier molecular flexibility index (Phi) is 4.81. The smallest absolute Gasteiger partial charge is 0.224 e. The van der Waals surface area contributed by atoms with Gasteiger partial charge in [-0.1, -0.05) is 6.07 Å². The first-order chi connectivity index (χ1) is 9.65. The molecule has 0 saturated heterocycles. The Balaban J connectivity index is 1.72. The van der Waals surface area contributed by atoms with Crippen molar-refractivity contribution >= 4 is 5.91 Å². The predicted molar refractivity (Wildman–Crippen MR) is 69.9 cm³/mol. The molecule has 0 fully saturated rings. The highest BCUT2D eigenvalue weighted by Crippen LogP contribution is 2.09. The van der Waals surface area contributed by atoms with E-state index >= 15 is 0 Å². The van der Waals surface area contributed by atoms with Crippen molar-refractivity contribution in [3.8, 4) is 0 Å². The standard InChI is InChI=1S/C14H15F2N3O/c15-12-3-2-11(13(16)9-12)8-14(20)18-4-1-6-19-7-5-17-10-19/h2-3,5,7,9-10H,1,4,6,8H2,(H,18,20). The Morgan fingerprint density at radius 3 is 2.90 bits per heavy atom. The molecular formula is C14H15F2N3O. The normalized spacial score (nSPS) is 10.5. The molecule has 0 aliphatic rings. The zero-order valence-corrected chi connectivity index (χ0v) is 10.9. The summed E-state index contributed by atoms with van der Waals surface area (Å²) in [5.74, 6) is -1.62. The van der Waals surface area contributed by atoms with Crippen molar-refractivity contribution in [2.24, 2.45) is 0 Å². The van der Waals surface area contributed by atoms with E-state index < -0.39 is 11.6 Å². The lowest BCUT2D eigenvalue weighted by Crippen LogP contribution is -2.27. The van der Waals surface area contributed by atoms with Crippen molar-refractivity contribution in [2.45, 2.75) is 19.4 Å². The van der Waals surface area contributed by atoms with E-state index in [2.05, 4.69) is 10.3 Å². The third-order valence-electron chi connectivity index (χ3n) is 2.84. The van der Waals surface area contributed by atoms with Gasteiger partial charge in [-0.2, -0.15) is 0 Å². The number of rotatable bonds is 6. The van der Waals surface area contributed by atoms with Crippen LogP contribution in [0.1, 0.15) is 12.0 Å². The van der Waals surface area contributed by atoms with E-state index in [4.69, 9.17) is 0 Å². The van der Waals surface area contributed by atoms with Gasteiger partial charge in [0.25, 0.3) is 0 Å². The minimum atomic E-state index is -0.696. The molecule has 0 atom stereocenters. The van der Waals surface area contributed by atoms with E-state index in [1.54, 1.807) is 12.5 Å². The molecule has 2 aromatic rings. The van der Waals surface area contributed by atoms with Crippen LogP contribution in [0.2, 0.25) is 0 Å². The van der Waals surface area contributed by atoms with Crippen LogP contribution in [0.5, 0.6) is 0 Å². The van der Waals surface area contributed by atoms with Gasteiger partial charge in [0.15, 0.2) is 0 Å². The molecule has 6 heteroatoms. The fourth-order valence-corrected chi connectivity index (χ4v) is 1.81. The molecule has 1 heterocycles. The Labute approximate surface area is 115 Å². The molecule has 0 aliphatic heterocycles. The number of aromatic nitrogens is 2. The second kappa shape index (κ2) is 6.79. The molecule has 0 saturated carbocycles. The molecule has 1 aromatic heterocycles. The fraction of sp³-hybridized carbons (Fsp3) is 0.286. The van der Waals surface area contributed by atoms with Gasteiger partial charge in [-0.15, -0.1) is 0 Å². The summed E-state index contributed by atoms with van der Waals surface area (Å²) >= 11 is 0. The summed E-state index contributed by atoms with van der Waals surface area (Å²) in [4.78, 5) is 15.5. The molecule has 0 spiro atoms. The van der Waals surface area contributed by atoms with Crippen molar-refractivity contribution in [1.82, 2.24) is 14.9 Å². The number of carbonyl (C=O) groups excluding carboxylic acids is 1. The van der Waals surface area contributed by atoms with Crippen LogP contribution < -0.4 is 5.32 Å². The first-order valence-corrected chi connectivity index (χ1v) is 6.31. The predicted octanol–water partition coefficient (Wildman–Crippen LogP) is 1.91. The van der Waals surface area contributed by atoms with E-state index in [1.807, 2.05) is 10.8 Å². The zero-order valence-electron chi connectivity index (χ0n) is 10.9. The Morgan fingerprint density at radius 2 is 2.20 bits per heavy atom. The molecule has 106 valence electrons. The molecule has 1 amide bonds. The van der Waals surface area contributed by atoms with Gasteiger partial charge in [-0.25, -0.2) is 13.8 Å². The highest BCUT2D eigenvalue weighted by Gasteiger charge is 2.08. The summed E-state index contributed by atoms with van der Waals surface area (Å²) in [5.41, 5.74) is 0.193. The number of nitrogens with zero attached hydrogens (tertiary/aromatic N) is 2. The van der Waals surface area contributed by atoms with Crippen LogP contribution in [0.3, 0.4) is 0 Å². The van der Waals surface area contributed by atoms with Gasteiger partial charge in [-0.05, 0) is 18.1 Å². The molecule has 0 bridgehead atoms. The number of aryl methyl sites for hydroxylation is 1. The van der Waals surface area contributed by atoms with Crippen LogP contribution in [0, 0.1) is 11.6 Å². The van der Waals surface area contributed by atoms with E-state index in [1.165, 1.54) is 6.07 Å². The lowest BCUT2D eigenvalue weighted by Gasteiger charge is -2.06. The van der Waals surface area contributed by atoms with Crippen molar-refractivity contribution in [1.29, 1.82) is 0 Å². The van der Waals surface area contributed by atoms with Crippen molar-refractivity contribution in [3.63, 3.8) is 0 Å². The summed E-state index contributed by atoms with van der Waals surface area (Å²) in [6, 6.07) is 3.21. The number of hydrogen-bond donors (Lipinski definition) is 1. The van der Waals surface area contributed by atoms with Crippen molar-refractivity contribution < 1.29 is 13.6 Å². The van der Waals surface area contributed by atoms with Gasteiger partial charge in [0.05, 0.1) is 12.7 Å². The maximum Gasteiger partial charge on any atom is 0.224 e. The van der Waals surface area contributed by atoms with E-state index in [-0.39, 0.29) is 17.9 Å². The first kappa shape index (κ1) is 14.2. The topological polar surface area (TPSA) is 46.9 Å². The molecule has 4 nitrogen and oxygen atoms in total. The number of hydrogen-bond acceptors (Lipinski definition) is 2. The van der Waals surface area contributed by atoms with Gasteiger partial charge in [0, 0.05) is 31.5 Å². The van der Waals surface area contributed by atoms with Crippen LogP contribution in [0.4, 0.5) is 8.78 Å². The number of benzene rings is 1. The Morgan fingerprint density at radius 1 is 1.35 bits per heavy atom. The molecule has 1 N–H and O–H groups in total. The van der Waals surface area contributed by atoms with Gasteiger partial charge >= 0.3 is 0 Å². The average molecular weight is 279 g/mol. The summed E-state index contributed by atoms with van der Waals surface area (Å²) < 4.78 is 28.0. The Bertz CT molecular complexity index is 570. The fourth-order valence-electron chi connectivity index (χ4n) is 1.81. The average Bonchev–Trinajstić information content (AvgIpc) is 2.91. The van der Waals surface area contributed by atoms with Gasteiger partial charge < -0.3 is 9.88 Å². The summed E-state index contributed by atoms with van der Waals surface area (Å²) in [6.45, 7) is 1.25. The van der Waals surface area contributed by atoms with E-state index in [0.717, 1.165) is 25.1 Å². The van der Waals surface area contributed by atoms with Crippen LogP contribution in [-0.4, -0.2) is 22.0 Å². The lowest BCUT2D eigenvalue weighted by atomic mass is 10.1. The molecule has 2 rings (SSSR count). The monoisotopic (exact) mass is 279 g/mol. The van der Waals surface area contributed by atoms with E-state index in [9.17, 15) is 13.6 Å². The van der Waals surface area contributed by atoms with Crippen LogP contribution >= 0.6 is 0 Å². The summed E-state index contributed by atoms with van der Waals surface area (Å²) in [5, 5.41) is 2.70. The molecule has 20 heavy (non-hydrogen) atoms. The van der Waals surface area contributed by atoms with E-state index in [0.29, 0.717) is 6.54 Å². The number of amides is 1. The molecule has 1 aromatic carbocycles. The highest BCUT2D eigenvalue weighted by molar-refractivity contribution is 5.78. The minimum absolute atomic E-state index is 0.0861. The number of halogens is 2. The lowest BCUT2D eigenvalue weighted by molar-refractivity contribution is -0.120. The van der Waals surface area contributed by atoms with Crippen LogP contribution in [0.15, 0.2) is 36.9 Å². The molecular weight excluding hydrogens is 264 g/mol. The van der Waals surface area contributed by atoms with Crippen molar-refractivity contribution in [2.75, 3.05) is 6.54 Å². The number of nitrogens with one attached hydrogen (secondary N) is 1. The summed E-state index contributed by atoms with van der Waals surface area (Å²) in [7, 11) is 0. The SMILES string of the molecule is O=C(Cc1ccc(F)cc1F)NCCCn1ccnc1. The number of imidazole rings is 1.